The van der Waals surface area contributed by atoms with E-state index in [1.165, 1.54) is 0 Å². The van der Waals surface area contributed by atoms with E-state index in [2.05, 4.69) is 5.32 Å². The minimum Gasteiger partial charge on any atom is -0.366 e. The Kier molecular flexibility index (Phi) is 3.02. The van der Waals surface area contributed by atoms with Crippen LogP contribution in [0.4, 0.5) is 0 Å². The fourth-order valence-electron chi connectivity index (χ4n) is 0.209. The summed E-state index contributed by atoms with van der Waals surface area (Å²) in [7, 11) is 0. The molecule has 6 heavy (non-hydrogen) atoms. The van der Waals surface area contributed by atoms with Crippen molar-refractivity contribution in [2.24, 2.45) is 5.73 Å². The van der Waals surface area contributed by atoms with Gasteiger partial charge >= 0.3 is 0 Å². The van der Waals surface area contributed by atoms with Gasteiger partial charge in [0, 0.05) is 0 Å². The van der Waals surface area contributed by atoms with Crippen LogP contribution in [0, 0.1) is 0 Å². The van der Waals surface area contributed by atoms with Crippen molar-refractivity contribution in [3.63, 3.8) is 0 Å². The summed E-state index contributed by atoms with van der Waals surface area (Å²) < 4.78 is 0. The van der Waals surface area contributed by atoms with Crippen molar-refractivity contribution in [3.05, 3.63) is 0 Å². The SMILES string of the molecule is CCN[C@H](N)O. The normalized spacial score (nSPS) is 14.5. The van der Waals surface area contributed by atoms with Crippen molar-refractivity contribution >= 4 is 0 Å². The lowest BCUT2D eigenvalue weighted by Gasteiger charge is -2.00. The smallest absolute Gasteiger partial charge is 0.157 e. The third-order valence-corrected chi connectivity index (χ3v) is 0.413. The summed E-state index contributed by atoms with van der Waals surface area (Å²) in [6, 6.07) is 0. The van der Waals surface area contributed by atoms with E-state index in [0.29, 0.717) is 6.54 Å². The van der Waals surface area contributed by atoms with Crippen LogP contribution in [0.2, 0.25) is 0 Å². The Labute approximate surface area is 37.2 Å². The van der Waals surface area contributed by atoms with Gasteiger partial charge in [0.15, 0.2) is 6.35 Å². The van der Waals surface area contributed by atoms with E-state index in [9.17, 15) is 0 Å². The third-order valence-electron chi connectivity index (χ3n) is 0.413. The number of nitrogens with one attached hydrogen (secondary N) is 1. The highest BCUT2D eigenvalue weighted by atomic mass is 16.3. The molecule has 0 saturated carbocycles. The second kappa shape index (κ2) is 3.08. The number of hydrogen-bond donors (Lipinski definition) is 3. The van der Waals surface area contributed by atoms with Crippen LogP contribution in [-0.4, -0.2) is 18.0 Å². The Hall–Kier alpha value is -0.120. The second-order valence-corrected chi connectivity index (χ2v) is 1.00. The number of aliphatic hydroxyl groups is 1. The van der Waals surface area contributed by atoms with E-state index < -0.39 is 6.35 Å². The molecule has 0 amide bonds. The van der Waals surface area contributed by atoms with E-state index in [-0.39, 0.29) is 0 Å². The van der Waals surface area contributed by atoms with E-state index >= 15 is 0 Å². The largest absolute Gasteiger partial charge is 0.366 e. The molecular formula is C3H10N2O. The van der Waals surface area contributed by atoms with Crippen molar-refractivity contribution in [1.82, 2.24) is 5.32 Å². The molecule has 0 unspecified atom stereocenters. The first-order valence-electron chi connectivity index (χ1n) is 1.94. The van der Waals surface area contributed by atoms with Crippen molar-refractivity contribution in [3.8, 4) is 0 Å². The summed E-state index contributed by atoms with van der Waals surface area (Å²) in [6.45, 7) is 2.58. The molecule has 0 aliphatic heterocycles. The molecule has 0 aromatic carbocycles. The Bertz CT molecular complexity index is 30.0. The fourth-order valence-corrected chi connectivity index (χ4v) is 0.209. The van der Waals surface area contributed by atoms with Gasteiger partial charge in [0.05, 0.1) is 0 Å². The standard InChI is InChI=1S/C3H10N2O/c1-2-5-3(4)6/h3,5-6H,2,4H2,1H3/t3-/m0/s1. The van der Waals surface area contributed by atoms with E-state index in [4.69, 9.17) is 10.8 Å². The summed E-state index contributed by atoms with van der Waals surface area (Å²) in [5.74, 6) is 0. The lowest BCUT2D eigenvalue weighted by molar-refractivity contribution is 0.147. The first kappa shape index (κ1) is 5.88. The molecule has 0 bridgehead atoms. The molecule has 3 nitrogen and oxygen atoms in total. The predicted octanol–water partition coefficient (Wildman–Crippen LogP) is -1.17. The van der Waals surface area contributed by atoms with Gasteiger partial charge in [-0.15, -0.1) is 0 Å². The zero-order valence-corrected chi connectivity index (χ0v) is 3.81. The van der Waals surface area contributed by atoms with Gasteiger partial charge in [-0.25, -0.2) is 0 Å². The second-order valence-electron chi connectivity index (χ2n) is 1.00. The van der Waals surface area contributed by atoms with Gasteiger partial charge in [-0.05, 0) is 6.54 Å². The van der Waals surface area contributed by atoms with Crippen LogP contribution in [0.15, 0.2) is 0 Å². The van der Waals surface area contributed by atoms with Crippen molar-refractivity contribution in [2.45, 2.75) is 13.3 Å². The average molecular weight is 90.1 g/mol. The lowest BCUT2D eigenvalue weighted by Crippen LogP contribution is -2.36. The average Bonchev–Trinajstić information content (AvgIpc) is 1.35. The summed E-state index contributed by atoms with van der Waals surface area (Å²) in [5.41, 5.74) is 4.85. The molecule has 0 saturated heterocycles. The van der Waals surface area contributed by atoms with E-state index in [1.807, 2.05) is 6.92 Å². The van der Waals surface area contributed by atoms with Crippen LogP contribution < -0.4 is 11.1 Å². The van der Waals surface area contributed by atoms with Crippen LogP contribution in [0.25, 0.3) is 0 Å². The van der Waals surface area contributed by atoms with Crippen LogP contribution in [0.5, 0.6) is 0 Å². The van der Waals surface area contributed by atoms with Crippen LogP contribution in [0.3, 0.4) is 0 Å². The Morgan fingerprint density at radius 2 is 2.50 bits per heavy atom. The maximum atomic E-state index is 8.22. The zero-order valence-electron chi connectivity index (χ0n) is 3.81. The van der Waals surface area contributed by atoms with Gasteiger partial charge in [-0.3, -0.25) is 11.1 Å². The molecule has 0 aliphatic carbocycles. The quantitative estimate of drug-likeness (QED) is 0.374. The zero-order chi connectivity index (χ0) is 4.99. The minimum absolute atomic E-state index is 0.706. The number of nitrogens with two attached hydrogens (primary N) is 1. The van der Waals surface area contributed by atoms with Gasteiger partial charge in [-0.1, -0.05) is 6.92 Å². The molecular weight excluding hydrogens is 80.0 g/mol. The van der Waals surface area contributed by atoms with E-state index in [0.717, 1.165) is 0 Å². The first-order valence-corrected chi connectivity index (χ1v) is 1.94. The molecule has 3 heteroatoms. The van der Waals surface area contributed by atoms with Gasteiger partial charge < -0.3 is 5.11 Å². The molecule has 38 valence electrons. The highest BCUT2D eigenvalue weighted by molar-refractivity contribution is 4.34. The first-order chi connectivity index (χ1) is 2.77. The molecule has 1 atom stereocenters. The summed E-state index contributed by atoms with van der Waals surface area (Å²) in [6.07, 6.45) is -0.852. The molecule has 0 fully saturated rings. The topological polar surface area (TPSA) is 58.3 Å². The lowest BCUT2D eigenvalue weighted by atomic mass is 10.7. The molecule has 0 spiro atoms. The van der Waals surface area contributed by atoms with Gasteiger partial charge in [-0.2, -0.15) is 0 Å². The maximum absolute atomic E-state index is 8.22. The highest BCUT2D eigenvalue weighted by Gasteiger charge is 1.83. The Balaban J connectivity index is 2.63. The molecule has 0 radical (unpaired) electrons. The number of hydrogen-bond acceptors (Lipinski definition) is 3. The van der Waals surface area contributed by atoms with Crippen LogP contribution in [0.1, 0.15) is 6.92 Å². The molecule has 0 rings (SSSR count). The summed E-state index contributed by atoms with van der Waals surface area (Å²) in [4.78, 5) is 0. The molecule has 0 aromatic heterocycles. The maximum Gasteiger partial charge on any atom is 0.157 e. The monoisotopic (exact) mass is 90.1 g/mol. The van der Waals surface area contributed by atoms with Gasteiger partial charge in [0.2, 0.25) is 0 Å². The molecule has 0 aromatic rings. The molecule has 0 aliphatic rings. The number of aliphatic hydroxyl groups excluding tert-OH is 1. The predicted molar refractivity (Wildman–Crippen MR) is 23.9 cm³/mol. The highest BCUT2D eigenvalue weighted by Crippen LogP contribution is 1.53. The van der Waals surface area contributed by atoms with Gasteiger partial charge in [0.1, 0.15) is 0 Å². The van der Waals surface area contributed by atoms with E-state index in [1.54, 1.807) is 0 Å². The molecule has 0 heterocycles. The summed E-state index contributed by atoms with van der Waals surface area (Å²) >= 11 is 0. The minimum atomic E-state index is -0.852. The molecule has 4 N–H and O–H groups in total. The van der Waals surface area contributed by atoms with Crippen molar-refractivity contribution in [1.29, 1.82) is 0 Å². The van der Waals surface area contributed by atoms with Crippen LogP contribution >= 0.6 is 0 Å². The van der Waals surface area contributed by atoms with Crippen molar-refractivity contribution in [2.75, 3.05) is 6.54 Å². The Morgan fingerprint density at radius 1 is 2.00 bits per heavy atom. The van der Waals surface area contributed by atoms with Crippen molar-refractivity contribution < 1.29 is 5.11 Å². The summed E-state index contributed by atoms with van der Waals surface area (Å²) in [5, 5.41) is 10.8. The van der Waals surface area contributed by atoms with Crippen LogP contribution in [-0.2, 0) is 0 Å². The van der Waals surface area contributed by atoms with Gasteiger partial charge in [0.25, 0.3) is 0 Å². The number of rotatable bonds is 2. The third kappa shape index (κ3) is 3.88. The Morgan fingerprint density at radius 3 is 2.50 bits per heavy atom. The fraction of sp³-hybridized carbons (Fsp3) is 1.00.